The molecule has 110 valence electrons. The van der Waals surface area contributed by atoms with E-state index in [-0.39, 0.29) is 23.0 Å². The first-order valence-corrected chi connectivity index (χ1v) is 8.84. The Kier molecular flexibility index (Phi) is 3.50. The number of aromatic nitrogens is 5. The monoisotopic (exact) mass is 391 g/mol. The van der Waals surface area contributed by atoms with E-state index in [1.54, 1.807) is 10.6 Å². The van der Waals surface area contributed by atoms with Gasteiger partial charge in [0, 0.05) is 24.2 Å². The molecule has 3 aromatic rings. The highest BCUT2D eigenvalue weighted by Gasteiger charge is 2.19. The van der Waals surface area contributed by atoms with E-state index in [9.17, 15) is 12.3 Å². The van der Waals surface area contributed by atoms with Crippen LogP contribution in [-0.2, 0) is 9.84 Å². The Morgan fingerprint density at radius 2 is 2.10 bits per heavy atom. The van der Waals surface area contributed by atoms with Crippen molar-refractivity contribution in [2.75, 3.05) is 6.26 Å². The molecule has 0 fully saturated rings. The average Bonchev–Trinajstić information content (AvgIpc) is 3.01. The van der Waals surface area contributed by atoms with Crippen molar-refractivity contribution < 1.29 is 12.3 Å². The molecule has 0 saturated heterocycles. The lowest BCUT2D eigenvalue weighted by Crippen LogP contribution is -2.05. The zero-order valence-electron chi connectivity index (χ0n) is 10.4. The molecule has 0 unspecified atom stereocenters. The summed E-state index contributed by atoms with van der Waals surface area (Å²) in [6, 6.07) is 0. The molecule has 3 aromatic heterocycles. The molecule has 0 aromatic carbocycles. The minimum Gasteiger partial charge on any atom is -0.294 e. The van der Waals surface area contributed by atoms with Crippen molar-refractivity contribution in [3.05, 3.63) is 29.4 Å². The highest BCUT2D eigenvalue weighted by atomic mass is 79.9. The average molecular weight is 392 g/mol. The van der Waals surface area contributed by atoms with Gasteiger partial charge in [0.2, 0.25) is 0 Å². The van der Waals surface area contributed by atoms with Gasteiger partial charge in [0.05, 0.1) is 18.1 Å². The van der Waals surface area contributed by atoms with Crippen molar-refractivity contribution >= 4 is 43.7 Å². The maximum absolute atomic E-state index is 12.5. The number of rotatable bonds is 3. The molecule has 3 rings (SSSR count). The maximum Gasteiger partial charge on any atom is 0.199 e. The van der Waals surface area contributed by atoms with Crippen LogP contribution in [0.3, 0.4) is 0 Å². The van der Waals surface area contributed by atoms with Crippen molar-refractivity contribution in [2.24, 2.45) is 0 Å². The van der Waals surface area contributed by atoms with E-state index in [2.05, 4.69) is 31.0 Å². The number of sulfone groups is 1. The van der Waals surface area contributed by atoms with Crippen molar-refractivity contribution in [2.45, 2.75) is 5.03 Å². The number of halogens is 2. The molecule has 0 spiro atoms. The quantitative estimate of drug-likeness (QED) is 0.679. The third kappa shape index (κ3) is 2.56. The predicted octanol–water partition coefficient (Wildman–Crippen LogP) is 2.14. The lowest BCUT2D eigenvalue weighted by Gasteiger charge is -2.04. The van der Waals surface area contributed by atoms with Crippen LogP contribution in [0.15, 0.2) is 34.4 Å². The SMILES string of the molecule is CS(=O)(=O)c1nc(Br)cn2c(-c3cnn(SF)c3)cnc12. The summed E-state index contributed by atoms with van der Waals surface area (Å²) in [6.07, 6.45) is 7.08. The Bertz CT molecular complexity index is 936. The zero-order chi connectivity index (χ0) is 15.2. The van der Waals surface area contributed by atoms with Crippen LogP contribution in [0.25, 0.3) is 16.9 Å². The van der Waals surface area contributed by atoms with Crippen molar-refractivity contribution in [3.8, 4) is 11.3 Å². The summed E-state index contributed by atoms with van der Waals surface area (Å²) < 4.78 is 39.0. The van der Waals surface area contributed by atoms with Crippen molar-refractivity contribution in [3.63, 3.8) is 0 Å². The molecule has 7 nitrogen and oxygen atoms in total. The van der Waals surface area contributed by atoms with E-state index in [1.807, 2.05) is 0 Å². The summed E-state index contributed by atoms with van der Waals surface area (Å²) >= 11 is 3.14. The number of imidazole rings is 1. The van der Waals surface area contributed by atoms with Crippen LogP contribution < -0.4 is 0 Å². The molecule has 0 amide bonds. The lowest BCUT2D eigenvalue weighted by molar-refractivity contribution is 0.598. The molecular weight excluding hydrogens is 385 g/mol. The number of hydrogen-bond donors (Lipinski definition) is 0. The largest absolute Gasteiger partial charge is 0.294 e. The molecular formula is C10H7BrFN5O2S2. The fourth-order valence-electron chi connectivity index (χ4n) is 1.87. The topological polar surface area (TPSA) is 82.1 Å². The van der Waals surface area contributed by atoms with Crippen molar-refractivity contribution in [1.29, 1.82) is 0 Å². The molecule has 0 saturated carbocycles. The Balaban J connectivity index is 2.30. The Hall–Kier alpha value is -1.46. The van der Waals surface area contributed by atoms with Crippen LogP contribution in [0.1, 0.15) is 0 Å². The van der Waals surface area contributed by atoms with Crippen LogP contribution >= 0.6 is 28.3 Å². The second-order valence-corrected chi connectivity index (χ2v) is 7.43. The predicted molar refractivity (Wildman–Crippen MR) is 79.1 cm³/mol. The molecule has 0 radical (unpaired) electrons. The van der Waals surface area contributed by atoms with E-state index >= 15 is 0 Å². The van der Waals surface area contributed by atoms with E-state index in [1.165, 1.54) is 18.6 Å². The van der Waals surface area contributed by atoms with Crippen LogP contribution in [-0.4, -0.2) is 38.2 Å². The Morgan fingerprint density at radius 3 is 2.71 bits per heavy atom. The Morgan fingerprint density at radius 1 is 1.33 bits per heavy atom. The zero-order valence-corrected chi connectivity index (χ0v) is 13.7. The molecule has 0 N–H and O–H groups in total. The van der Waals surface area contributed by atoms with Gasteiger partial charge >= 0.3 is 0 Å². The highest BCUT2D eigenvalue weighted by molar-refractivity contribution is 9.10. The molecule has 11 heteroatoms. The molecule has 0 aliphatic carbocycles. The molecule has 3 heterocycles. The highest BCUT2D eigenvalue weighted by Crippen LogP contribution is 2.25. The van der Waals surface area contributed by atoms with Gasteiger partial charge in [-0.2, -0.15) is 9.19 Å². The summed E-state index contributed by atoms with van der Waals surface area (Å²) in [4.78, 5) is 8.06. The van der Waals surface area contributed by atoms with Crippen LogP contribution in [0.5, 0.6) is 0 Å². The van der Waals surface area contributed by atoms with Gasteiger partial charge in [-0.3, -0.25) is 4.40 Å². The third-order valence-electron chi connectivity index (χ3n) is 2.71. The van der Waals surface area contributed by atoms with E-state index < -0.39 is 9.84 Å². The standard InChI is InChI=1S/C10H7BrFN5O2S2/c1-21(18,19)10-9-13-3-7(16(9)5-8(11)15-10)6-2-14-17(4-6)20-12/h2-5H,1H3. The van der Waals surface area contributed by atoms with Gasteiger partial charge in [0.15, 0.2) is 32.8 Å². The van der Waals surface area contributed by atoms with Gasteiger partial charge in [0.25, 0.3) is 0 Å². The minimum absolute atomic E-state index is 0.0387. The van der Waals surface area contributed by atoms with Crippen LogP contribution in [0, 0.1) is 0 Å². The van der Waals surface area contributed by atoms with Gasteiger partial charge in [-0.1, -0.05) is 0 Å². The van der Waals surface area contributed by atoms with Crippen LogP contribution in [0.2, 0.25) is 0 Å². The minimum atomic E-state index is -3.53. The summed E-state index contributed by atoms with van der Waals surface area (Å²) in [5.74, 6) is 0. The summed E-state index contributed by atoms with van der Waals surface area (Å²) in [6.45, 7) is 0. The normalized spacial score (nSPS) is 12.1. The fraction of sp³-hybridized carbons (Fsp3) is 0.100. The van der Waals surface area contributed by atoms with E-state index in [0.717, 1.165) is 10.3 Å². The second kappa shape index (κ2) is 5.07. The van der Waals surface area contributed by atoms with E-state index in [4.69, 9.17) is 0 Å². The van der Waals surface area contributed by atoms with Gasteiger partial charge in [-0.15, -0.1) is 3.89 Å². The smallest absolute Gasteiger partial charge is 0.199 e. The first-order chi connectivity index (χ1) is 9.90. The van der Waals surface area contributed by atoms with Gasteiger partial charge in [-0.05, 0) is 15.9 Å². The first-order valence-electron chi connectivity index (χ1n) is 5.48. The molecule has 0 aliphatic rings. The van der Waals surface area contributed by atoms with Gasteiger partial charge in [0.1, 0.15) is 4.60 Å². The van der Waals surface area contributed by atoms with Gasteiger partial charge < -0.3 is 0 Å². The van der Waals surface area contributed by atoms with Crippen LogP contribution in [0.4, 0.5) is 3.89 Å². The lowest BCUT2D eigenvalue weighted by atomic mass is 10.3. The van der Waals surface area contributed by atoms with Gasteiger partial charge in [-0.25, -0.2) is 18.4 Å². The second-order valence-electron chi connectivity index (χ2n) is 4.18. The number of nitrogens with zero attached hydrogens (tertiary/aromatic N) is 5. The fourth-order valence-corrected chi connectivity index (χ4v) is 3.35. The molecule has 21 heavy (non-hydrogen) atoms. The Labute approximate surface area is 131 Å². The summed E-state index contributed by atoms with van der Waals surface area (Å²) in [5.41, 5.74) is 1.39. The number of fused-ring (bicyclic) bond motifs is 1. The van der Waals surface area contributed by atoms with Crippen molar-refractivity contribution in [1.82, 2.24) is 23.6 Å². The third-order valence-corrected chi connectivity index (χ3v) is 4.41. The van der Waals surface area contributed by atoms with E-state index in [0.29, 0.717) is 15.9 Å². The molecule has 0 aliphatic heterocycles. The molecule has 0 bridgehead atoms. The molecule has 0 atom stereocenters. The first kappa shape index (κ1) is 14.5. The summed E-state index contributed by atoms with van der Waals surface area (Å²) in [5, 5.41) is 3.68. The maximum atomic E-state index is 12.5. The number of hydrogen-bond acceptors (Lipinski definition) is 6. The summed E-state index contributed by atoms with van der Waals surface area (Å²) in [7, 11) is -3.53.